The molecule has 7 heteroatoms. The normalized spacial score (nSPS) is 14.9. The summed E-state index contributed by atoms with van der Waals surface area (Å²) in [5, 5.41) is 24.1. The Morgan fingerprint density at radius 3 is 2.57 bits per heavy atom. The Balaban J connectivity index is 2.51. The fraction of sp³-hybridized carbons (Fsp3) is 0.429. The van der Waals surface area contributed by atoms with Gasteiger partial charge in [0.1, 0.15) is 0 Å². The quantitative estimate of drug-likeness (QED) is 0.644. The summed E-state index contributed by atoms with van der Waals surface area (Å²) in [6.07, 6.45) is -0.451. The molecular weight excluding hydrogens is 296 g/mol. The molecule has 1 rings (SSSR count). The number of benzene rings is 1. The number of rotatable bonds is 6. The first-order valence-corrected chi connectivity index (χ1v) is 6.82. The van der Waals surface area contributed by atoms with Crippen molar-refractivity contribution in [3.05, 3.63) is 34.9 Å². The molecular formula is C14H19ClN2O4. The van der Waals surface area contributed by atoms with Crippen LogP contribution in [0.15, 0.2) is 24.3 Å². The zero-order valence-electron chi connectivity index (χ0n) is 11.9. The fourth-order valence-corrected chi connectivity index (χ4v) is 2.11. The molecule has 0 heterocycles. The number of amides is 2. The lowest BCUT2D eigenvalue weighted by Gasteiger charge is -2.23. The topological polar surface area (TPSA) is 98.7 Å². The van der Waals surface area contributed by atoms with Crippen molar-refractivity contribution in [2.24, 2.45) is 0 Å². The lowest BCUT2D eigenvalue weighted by atomic mass is 10.0. The van der Waals surface area contributed by atoms with Gasteiger partial charge in [-0.2, -0.15) is 0 Å². The standard InChI is InChI=1S/C14H19ClN2O4/c1-9(10-5-3-4-6-11(10)15)17-13(20)16-8-14(2,21)7-12(18)19/h3-6,9,21H,7-8H2,1-2H3,(H,18,19)(H2,16,17,20). The van der Waals surface area contributed by atoms with Gasteiger partial charge in [0.25, 0.3) is 0 Å². The SMILES string of the molecule is CC(NC(=O)NCC(C)(O)CC(=O)O)c1ccccc1Cl. The van der Waals surface area contributed by atoms with Gasteiger partial charge in [-0.05, 0) is 25.5 Å². The molecule has 21 heavy (non-hydrogen) atoms. The third-order valence-electron chi connectivity index (χ3n) is 2.88. The van der Waals surface area contributed by atoms with Crippen LogP contribution in [0.1, 0.15) is 31.9 Å². The number of carboxylic acids is 1. The second kappa shape index (κ2) is 7.28. The summed E-state index contributed by atoms with van der Waals surface area (Å²) < 4.78 is 0. The second-order valence-electron chi connectivity index (χ2n) is 5.14. The zero-order chi connectivity index (χ0) is 16.0. The Kier molecular flexibility index (Phi) is 5.99. The lowest BCUT2D eigenvalue weighted by Crippen LogP contribution is -2.46. The number of nitrogens with one attached hydrogen (secondary N) is 2. The maximum Gasteiger partial charge on any atom is 0.315 e. The van der Waals surface area contributed by atoms with Crippen molar-refractivity contribution in [1.29, 1.82) is 0 Å². The molecule has 0 aliphatic carbocycles. The van der Waals surface area contributed by atoms with Gasteiger partial charge in [-0.3, -0.25) is 4.79 Å². The van der Waals surface area contributed by atoms with Gasteiger partial charge in [-0.15, -0.1) is 0 Å². The largest absolute Gasteiger partial charge is 0.481 e. The molecule has 4 N–H and O–H groups in total. The monoisotopic (exact) mass is 314 g/mol. The molecule has 0 spiro atoms. The summed E-state index contributed by atoms with van der Waals surface area (Å²) in [7, 11) is 0. The van der Waals surface area contributed by atoms with Crippen molar-refractivity contribution < 1.29 is 19.8 Å². The third-order valence-corrected chi connectivity index (χ3v) is 3.23. The molecule has 6 nitrogen and oxygen atoms in total. The molecule has 2 atom stereocenters. The highest BCUT2D eigenvalue weighted by Crippen LogP contribution is 2.21. The van der Waals surface area contributed by atoms with Crippen LogP contribution in [0.2, 0.25) is 5.02 Å². The highest BCUT2D eigenvalue weighted by atomic mass is 35.5. The summed E-state index contributed by atoms with van der Waals surface area (Å²) in [5.74, 6) is -1.13. The number of carbonyl (C=O) groups excluding carboxylic acids is 1. The van der Waals surface area contributed by atoms with Gasteiger partial charge in [0.05, 0.1) is 18.1 Å². The van der Waals surface area contributed by atoms with E-state index in [1.165, 1.54) is 6.92 Å². The first-order valence-electron chi connectivity index (χ1n) is 6.44. The Hall–Kier alpha value is -1.79. The van der Waals surface area contributed by atoms with E-state index in [0.717, 1.165) is 5.56 Å². The Labute approximate surface area is 128 Å². The minimum atomic E-state index is -1.50. The third kappa shape index (κ3) is 6.01. The van der Waals surface area contributed by atoms with E-state index < -0.39 is 24.0 Å². The van der Waals surface area contributed by atoms with Gasteiger partial charge in [0, 0.05) is 11.6 Å². The predicted octanol–water partition coefficient (Wildman–Crippen LogP) is 1.93. The van der Waals surface area contributed by atoms with Gasteiger partial charge in [0.2, 0.25) is 0 Å². The molecule has 1 aromatic rings. The van der Waals surface area contributed by atoms with Gasteiger partial charge < -0.3 is 20.8 Å². The number of carboxylic acid groups (broad SMARTS) is 1. The zero-order valence-corrected chi connectivity index (χ0v) is 12.6. The van der Waals surface area contributed by atoms with Crippen molar-refractivity contribution >= 4 is 23.6 Å². The molecule has 0 saturated heterocycles. The number of hydrogen-bond acceptors (Lipinski definition) is 3. The van der Waals surface area contributed by atoms with Crippen molar-refractivity contribution in [3.8, 4) is 0 Å². The molecule has 0 fully saturated rings. The van der Waals surface area contributed by atoms with E-state index in [1.807, 2.05) is 6.07 Å². The Morgan fingerprint density at radius 1 is 1.38 bits per heavy atom. The van der Waals surface area contributed by atoms with Gasteiger partial charge >= 0.3 is 12.0 Å². The van der Waals surface area contributed by atoms with Crippen LogP contribution in [0.4, 0.5) is 4.79 Å². The van der Waals surface area contributed by atoms with Crippen LogP contribution in [0, 0.1) is 0 Å². The highest BCUT2D eigenvalue weighted by molar-refractivity contribution is 6.31. The van der Waals surface area contributed by atoms with Crippen molar-refractivity contribution in [2.75, 3.05) is 6.54 Å². The maximum absolute atomic E-state index is 11.7. The van der Waals surface area contributed by atoms with Crippen LogP contribution in [-0.2, 0) is 4.79 Å². The van der Waals surface area contributed by atoms with Gasteiger partial charge in [-0.25, -0.2) is 4.79 Å². The van der Waals surface area contributed by atoms with Crippen LogP contribution in [0.5, 0.6) is 0 Å². The number of halogens is 1. The summed E-state index contributed by atoms with van der Waals surface area (Å²) >= 11 is 6.03. The van der Waals surface area contributed by atoms with E-state index in [2.05, 4.69) is 10.6 Å². The first-order chi connectivity index (χ1) is 9.71. The number of aliphatic hydroxyl groups is 1. The summed E-state index contributed by atoms with van der Waals surface area (Å²) in [5.41, 5.74) is -0.733. The number of carbonyl (C=O) groups is 2. The van der Waals surface area contributed by atoms with Crippen LogP contribution in [0.3, 0.4) is 0 Å². The molecule has 0 saturated carbocycles. The molecule has 2 unspecified atom stereocenters. The van der Waals surface area contributed by atoms with E-state index in [9.17, 15) is 14.7 Å². The number of hydrogen-bond donors (Lipinski definition) is 4. The van der Waals surface area contributed by atoms with Gasteiger partial charge in [-0.1, -0.05) is 29.8 Å². The molecule has 116 valence electrons. The van der Waals surface area contributed by atoms with E-state index in [0.29, 0.717) is 5.02 Å². The van der Waals surface area contributed by atoms with Crippen molar-refractivity contribution in [1.82, 2.24) is 10.6 Å². The Bertz CT molecular complexity index is 519. The first kappa shape index (κ1) is 17.3. The minimum absolute atomic E-state index is 0.166. The van der Waals surface area contributed by atoms with E-state index in [4.69, 9.17) is 16.7 Å². The number of urea groups is 1. The molecule has 0 radical (unpaired) electrons. The highest BCUT2D eigenvalue weighted by Gasteiger charge is 2.25. The van der Waals surface area contributed by atoms with Crippen LogP contribution in [0.25, 0.3) is 0 Å². The fourth-order valence-electron chi connectivity index (χ4n) is 1.81. The molecule has 0 aromatic heterocycles. The van der Waals surface area contributed by atoms with Crippen molar-refractivity contribution in [3.63, 3.8) is 0 Å². The van der Waals surface area contributed by atoms with E-state index >= 15 is 0 Å². The average molecular weight is 315 g/mol. The van der Waals surface area contributed by atoms with Gasteiger partial charge in [0.15, 0.2) is 0 Å². The van der Waals surface area contributed by atoms with Crippen LogP contribution in [-0.4, -0.2) is 34.4 Å². The smallest absolute Gasteiger partial charge is 0.315 e. The Morgan fingerprint density at radius 2 is 2.00 bits per heavy atom. The number of aliphatic carboxylic acids is 1. The van der Waals surface area contributed by atoms with E-state index in [-0.39, 0.29) is 12.6 Å². The molecule has 0 aliphatic heterocycles. The molecule has 2 amide bonds. The van der Waals surface area contributed by atoms with E-state index in [1.54, 1.807) is 25.1 Å². The van der Waals surface area contributed by atoms with Crippen LogP contribution >= 0.6 is 11.6 Å². The molecule has 0 bridgehead atoms. The average Bonchev–Trinajstić information content (AvgIpc) is 2.35. The summed E-state index contributed by atoms with van der Waals surface area (Å²) in [6, 6.07) is 6.31. The summed E-state index contributed by atoms with van der Waals surface area (Å²) in [6.45, 7) is 2.95. The second-order valence-corrected chi connectivity index (χ2v) is 5.54. The summed E-state index contributed by atoms with van der Waals surface area (Å²) in [4.78, 5) is 22.3. The minimum Gasteiger partial charge on any atom is -0.481 e. The van der Waals surface area contributed by atoms with Crippen molar-refractivity contribution in [2.45, 2.75) is 31.9 Å². The van der Waals surface area contributed by atoms with Crippen LogP contribution < -0.4 is 10.6 Å². The lowest BCUT2D eigenvalue weighted by molar-refractivity contribution is -0.141. The maximum atomic E-state index is 11.7. The molecule has 0 aliphatic rings. The predicted molar refractivity (Wildman–Crippen MR) is 79.3 cm³/mol. The molecule has 1 aromatic carbocycles.